The molecule has 7 nitrogen and oxygen atoms in total. The van der Waals surface area contributed by atoms with E-state index in [1.54, 1.807) is 42.7 Å². The van der Waals surface area contributed by atoms with Crippen LogP contribution in [0, 0.1) is 0 Å². The van der Waals surface area contributed by atoms with Crippen LogP contribution < -0.4 is 15.6 Å². The first kappa shape index (κ1) is 20.6. The van der Waals surface area contributed by atoms with E-state index in [1.807, 2.05) is 24.3 Å². The van der Waals surface area contributed by atoms with Crippen LogP contribution in [0.25, 0.3) is 10.8 Å². The van der Waals surface area contributed by atoms with Crippen molar-refractivity contribution in [3.05, 3.63) is 93.6 Å². The minimum atomic E-state index is -0.419. The van der Waals surface area contributed by atoms with Crippen molar-refractivity contribution in [3.63, 3.8) is 0 Å². The molecule has 0 saturated heterocycles. The molecule has 0 fully saturated rings. The molecule has 0 saturated carbocycles. The van der Waals surface area contributed by atoms with Gasteiger partial charge in [-0.15, -0.1) is 0 Å². The third kappa shape index (κ3) is 4.57. The van der Waals surface area contributed by atoms with E-state index in [0.29, 0.717) is 34.0 Å². The second-order valence-corrected chi connectivity index (χ2v) is 7.32. The summed E-state index contributed by atoms with van der Waals surface area (Å²) in [6, 6.07) is 15.9. The molecule has 2 aromatic heterocycles. The van der Waals surface area contributed by atoms with Crippen molar-refractivity contribution in [2.45, 2.75) is 13.0 Å². The molecule has 1 amide bonds. The summed E-state index contributed by atoms with van der Waals surface area (Å²) in [5.41, 5.74) is 1.73. The predicted octanol–water partition coefficient (Wildman–Crippen LogP) is 3.68. The van der Waals surface area contributed by atoms with E-state index in [0.717, 1.165) is 10.9 Å². The molecule has 2 heterocycles. The van der Waals surface area contributed by atoms with E-state index >= 15 is 0 Å². The Labute approximate surface area is 183 Å². The van der Waals surface area contributed by atoms with Gasteiger partial charge in [-0.1, -0.05) is 35.9 Å². The van der Waals surface area contributed by atoms with Crippen LogP contribution in [-0.2, 0) is 17.8 Å². The Morgan fingerprint density at radius 3 is 2.68 bits per heavy atom. The maximum absolute atomic E-state index is 13.0. The number of nitrogens with zero attached hydrogens (tertiary/aromatic N) is 3. The van der Waals surface area contributed by atoms with Gasteiger partial charge in [0.25, 0.3) is 5.56 Å². The zero-order valence-corrected chi connectivity index (χ0v) is 17.5. The van der Waals surface area contributed by atoms with Gasteiger partial charge < -0.3 is 10.1 Å². The SMILES string of the molecule is COc1ccc(Cl)cc1NC(=O)Cn1nc(Cc2cccnc2)c2ccccc2c1=O. The molecular formula is C23H19ClN4O3. The lowest BCUT2D eigenvalue weighted by Gasteiger charge is -2.13. The summed E-state index contributed by atoms with van der Waals surface area (Å²) in [5.74, 6) is 0.0478. The molecule has 0 bridgehead atoms. The first-order valence-corrected chi connectivity index (χ1v) is 9.94. The average molecular weight is 435 g/mol. The van der Waals surface area contributed by atoms with Gasteiger partial charge in [-0.25, -0.2) is 4.68 Å². The predicted molar refractivity (Wildman–Crippen MR) is 120 cm³/mol. The van der Waals surface area contributed by atoms with Crippen molar-refractivity contribution in [2.75, 3.05) is 12.4 Å². The highest BCUT2D eigenvalue weighted by Crippen LogP contribution is 2.27. The van der Waals surface area contributed by atoms with Crippen LogP contribution in [0.1, 0.15) is 11.3 Å². The zero-order chi connectivity index (χ0) is 21.8. The molecule has 2 aromatic carbocycles. The molecule has 1 N–H and O–H groups in total. The Morgan fingerprint density at radius 2 is 1.94 bits per heavy atom. The molecule has 31 heavy (non-hydrogen) atoms. The number of halogens is 1. The Morgan fingerprint density at radius 1 is 1.13 bits per heavy atom. The lowest BCUT2D eigenvalue weighted by molar-refractivity contribution is -0.117. The number of aromatic nitrogens is 3. The standard InChI is InChI=1S/C23H19ClN4O3/c1-31-21-9-8-16(24)12-20(21)26-22(29)14-28-23(30)18-7-3-2-6-17(18)19(27-28)11-15-5-4-10-25-13-15/h2-10,12-13H,11,14H2,1H3,(H,26,29). The van der Waals surface area contributed by atoms with Gasteiger partial charge in [0.1, 0.15) is 12.3 Å². The average Bonchev–Trinajstić information content (AvgIpc) is 2.78. The van der Waals surface area contributed by atoms with Gasteiger partial charge in [0.2, 0.25) is 5.91 Å². The topological polar surface area (TPSA) is 86.1 Å². The highest BCUT2D eigenvalue weighted by Gasteiger charge is 2.15. The van der Waals surface area contributed by atoms with Gasteiger partial charge in [0.15, 0.2) is 0 Å². The summed E-state index contributed by atoms with van der Waals surface area (Å²) in [4.78, 5) is 29.8. The number of hydrogen-bond donors (Lipinski definition) is 1. The van der Waals surface area contributed by atoms with Crippen molar-refractivity contribution >= 4 is 34.0 Å². The quantitative estimate of drug-likeness (QED) is 0.500. The van der Waals surface area contributed by atoms with Gasteiger partial charge >= 0.3 is 0 Å². The molecular weight excluding hydrogens is 416 g/mol. The van der Waals surface area contributed by atoms with Crippen molar-refractivity contribution in [1.82, 2.24) is 14.8 Å². The van der Waals surface area contributed by atoms with Gasteiger partial charge in [-0.2, -0.15) is 5.10 Å². The van der Waals surface area contributed by atoms with Crippen LogP contribution in [-0.4, -0.2) is 27.8 Å². The zero-order valence-electron chi connectivity index (χ0n) is 16.7. The Bertz CT molecular complexity index is 1310. The fraction of sp³-hybridized carbons (Fsp3) is 0.130. The second-order valence-electron chi connectivity index (χ2n) is 6.89. The summed E-state index contributed by atoms with van der Waals surface area (Å²) in [7, 11) is 1.50. The third-order valence-electron chi connectivity index (χ3n) is 4.77. The molecule has 0 unspecified atom stereocenters. The van der Waals surface area contributed by atoms with E-state index in [-0.39, 0.29) is 12.1 Å². The molecule has 4 aromatic rings. The van der Waals surface area contributed by atoms with Gasteiger partial charge in [-0.3, -0.25) is 14.6 Å². The van der Waals surface area contributed by atoms with Crippen LogP contribution in [0.5, 0.6) is 5.75 Å². The van der Waals surface area contributed by atoms with E-state index in [4.69, 9.17) is 16.3 Å². The highest BCUT2D eigenvalue weighted by molar-refractivity contribution is 6.31. The van der Waals surface area contributed by atoms with E-state index in [1.165, 1.54) is 11.8 Å². The number of methoxy groups -OCH3 is 1. The number of fused-ring (bicyclic) bond motifs is 1. The molecule has 0 spiro atoms. The number of nitrogens with one attached hydrogen (secondary N) is 1. The Hall–Kier alpha value is -3.71. The fourth-order valence-corrected chi connectivity index (χ4v) is 3.51. The first-order chi connectivity index (χ1) is 15.0. The number of ether oxygens (including phenoxy) is 1. The van der Waals surface area contributed by atoms with Gasteiger partial charge in [0.05, 0.1) is 23.9 Å². The Balaban J connectivity index is 1.67. The number of hydrogen-bond acceptors (Lipinski definition) is 5. The first-order valence-electron chi connectivity index (χ1n) is 9.56. The smallest absolute Gasteiger partial charge is 0.275 e. The molecule has 0 radical (unpaired) electrons. The molecule has 0 aliphatic heterocycles. The minimum absolute atomic E-state index is 0.251. The minimum Gasteiger partial charge on any atom is -0.495 e. The summed E-state index contributed by atoms with van der Waals surface area (Å²) < 4.78 is 6.44. The molecule has 4 rings (SSSR count). The number of amides is 1. The molecule has 0 atom stereocenters. The number of carbonyl (C=O) groups excluding carboxylic acids is 1. The third-order valence-corrected chi connectivity index (χ3v) is 5.00. The van der Waals surface area contributed by atoms with Crippen LogP contribution in [0.3, 0.4) is 0 Å². The van der Waals surface area contributed by atoms with Crippen molar-refractivity contribution in [3.8, 4) is 5.75 Å². The monoisotopic (exact) mass is 434 g/mol. The second kappa shape index (κ2) is 8.97. The van der Waals surface area contributed by atoms with Crippen molar-refractivity contribution in [1.29, 1.82) is 0 Å². The molecule has 0 aliphatic rings. The Kier molecular flexibility index (Phi) is 5.95. The van der Waals surface area contributed by atoms with E-state index < -0.39 is 5.91 Å². The van der Waals surface area contributed by atoms with Crippen LogP contribution >= 0.6 is 11.6 Å². The largest absolute Gasteiger partial charge is 0.495 e. The normalized spacial score (nSPS) is 10.8. The van der Waals surface area contributed by atoms with Crippen LogP contribution in [0.4, 0.5) is 5.69 Å². The molecule has 0 aliphatic carbocycles. The van der Waals surface area contributed by atoms with Crippen LogP contribution in [0.2, 0.25) is 5.02 Å². The summed E-state index contributed by atoms with van der Waals surface area (Å²) in [5, 5.41) is 8.95. The van der Waals surface area contributed by atoms with Gasteiger partial charge in [0, 0.05) is 29.2 Å². The molecule has 8 heteroatoms. The van der Waals surface area contributed by atoms with Crippen molar-refractivity contribution in [2.24, 2.45) is 0 Å². The molecule has 156 valence electrons. The highest BCUT2D eigenvalue weighted by atomic mass is 35.5. The van der Waals surface area contributed by atoms with Crippen molar-refractivity contribution < 1.29 is 9.53 Å². The summed E-state index contributed by atoms with van der Waals surface area (Å²) in [6.45, 7) is -0.251. The maximum atomic E-state index is 13.0. The number of anilines is 1. The van der Waals surface area contributed by atoms with E-state index in [9.17, 15) is 9.59 Å². The number of rotatable bonds is 6. The number of pyridine rings is 1. The lowest BCUT2D eigenvalue weighted by atomic mass is 10.1. The van der Waals surface area contributed by atoms with E-state index in [2.05, 4.69) is 15.4 Å². The lowest BCUT2D eigenvalue weighted by Crippen LogP contribution is -2.30. The van der Waals surface area contributed by atoms with Gasteiger partial charge in [-0.05, 0) is 35.9 Å². The number of benzene rings is 2. The summed E-state index contributed by atoms with van der Waals surface area (Å²) >= 11 is 6.03. The number of carbonyl (C=O) groups is 1. The maximum Gasteiger partial charge on any atom is 0.275 e. The fourth-order valence-electron chi connectivity index (χ4n) is 3.34. The summed E-state index contributed by atoms with van der Waals surface area (Å²) in [6.07, 6.45) is 3.94. The van der Waals surface area contributed by atoms with Crippen LogP contribution in [0.15, 0.2) is 71.8 Å².